The van der Waals surface area contributed by atoms with Crippen LogP contribution < -0.4 is 14.0 Å². The molecule has 3 aromatic carbocycles. The number of quaternary nitrogens is 1. The lowest BCUT2D eigenvalue weighted by molar-refractivity contribution is -0.900. The molecule has 1 atom stereocenters. The molecule has 0 aliphatic rings. The first kappa shape index (κ1) is 28.0. The minimum Gasteiger partial charge on any atom is -0.489 e. The molecule has 0 spiro atoms. The second-order valence-corrected chi connectivity index (χ2v) is 8.73. The van der Waals surface area contributed by atoms with Gasteiger partial charge in [0.25, 0.3) is 0 Å². The summed E-state index contributed by atoms with van der Waals surface area (Å²) in [6.45, 7) is 1.44. The molecule has 0 heterocycles. The Hall–Kier alpha value is -3.55. The van der Waals surface area contributed by atoms with Gasteiger partial charge in [-0.05, 0) is 6.92 Å². The van der Waals surface area contributed by atoms with E-state index in [-0.39, 0.29) is 4.48 Å². The number of benzene rings is 3. The SMILES string of the molecule is CC(c1c(OB(Oc2cc(F)c(F)c(F)c2)Oc2cc(F)c(F)c(F)c2)cc(F)c(F)c1F)[N+](C)(C)C. The fourth-order valence-electron chi connectivity index (χ4n) is 3.06. The summed E-state index contributed by atoms with van der Waals surface area (Å²) in [6.07, 6.45) is 0. The highest BCUT2D eigenvalue weighted by Crippen LogP contribution is 2.36. The van der Waals surface area contributed by atoms with E-state index in [4.69, 9.17) is 14.0 Å². The van der Waals surface area contributed by atoms with Crippen LogP contribution in [-0.4, -0.2) is 32.9 Å². The predicted molar refractivity (Wildman–Crippen MR) is 113 cm³/mol. The molecule has 1 unspecified atom stereocenters. The molecule has 37 heavy (non-hydrogen) atoms. The standard InChI is InChI=1S/C23H18BF9NO3/c1-10(34(2,3)4)19-18(9-17(29)22(32)23(19)33)37-24(35-11-5-13(25)20(30)14(26)6-11)36-12-7-15(27)21(31)16(28)8-12/h5-10H,1-4H3/q+1. The van der Waals surface area contributed by atoms with Crippen LogP contribution in [0.5, 0.6) is 17.2 Å². The fourth-order valence-corrected chi connectivity index (χ4v) is 3.06. The quantitative estimate of drug-likeness (QED) is 0.148. The van der Waals surface area contributed by atoms with Crippen molar-refractivity contribution in [3.63, 3.8) is 0 Å². The van der Waals surface area contributed by atoms with Crippen molar-refractivity contribution in [3.8, 4) is 17.2 Å². The fraction of sp³-hybridized carbons (Fsp3) is 0.217. The zero-order valence-electron chi connectivity index (χ0n) is 19.6. The van der Waals surface area contributed by atoms with Crippen LogP contribution in [0.4, 0.5) is 39.5 Å². The zero-order valence-corrected chi connectivity index (χ0v) is 19.6. The van der Waals surface area contributed by atoms with Gasteiger partial charge in [0.1, 0.15) is 23.3 Å². The topological polar surface area (TPSA) is 27.7 Å². The molecule has 0 bridgehead atoms. The summed E-state index contributed by atoms with van der Waals surface area (Å²) in [5.41, 5.74) is -0.517. The molecule has 0 aliphatic heterocycles. The summed E-state index contributed by atoms with van der Waals surface area (Å²) in [6, 6.07) is 0.928. The van der Waals surface area contributed by atoms with Gasteiger partial charge >= 0.3 is 7.32 Å². The summed E-state index contributed by atoms with van der Waals surface area (Å²) in [4.78, 5) is 0. The van der Waals surface area contributed by atoms with Crippen molar-refractivity contribution >= 4 is 7.32 Å². The summed E-state index contributed by atoms with van der Waals surface area (Å²) in [5, 5.41) is 0. The van der Waals surface area contributed by atoms with E-state index in [1.807, 2.05) is 0 Å². The molecule has 0 saturated carbocycles. The average Bonchev–Trinajstić information content (AvgIpc) is 2.78. The zero-order chi connectivity index (χ0) is 27.8. The molecule has 0 amide bonds. The maximum atomic E-state index is 14.8. The molecule has 0 saturated heterocycles. The predicted octanol–water partition coefficient (Wildman–Crippen LogP) is 6.23. The van der Waals surface area contributed by atoms with E-state index in [0.717, 1.165) is 0 Å². The second-order valence-electron chi connectivity index (χ2n) is 8.73. The van der Waals surface area contributed by atoms with Crippen LogP contribution in [0.25, 0.3) is 0 Å². The van der Waals surface area contributed by atoms with Gasteiger partial charge in [-0.25, -0.2) is 39.5 Å². The van der Waals surface area contributed by atoms with Gasteiger partial charge in [-0.1, -0.05) is 0 Å². The van der Waals surface area contributed by atoms with Gasteiger partial charge < -0.3 is 18.4 Å². The Kier molecular flexibility index (Phi) is 7.91. The Balaban J connectivity index is 2.11. The average molecular weight is 538 g/mol. The van der Waals surface area contributed by atoms with Crippen LogP contribution in [0.3, 0.4) is 0 Å². The molecule has 0 N–H and O–H groups in total. The second kappa shape index (κ2) is 10.4. The maximum Gasteiger partial charge on any atom is 0.864 e. The van der Waals surface area contributed by atoms with Crippen molar-refractivity contribution in [1.29, 1.82) is 0 Å². The first-order valence-corrected chi connectivity index (χ1v) is 10.4. The molecule has 4 nitrogen and oxygen atoms in total. The Morgan fingerprint density at radius 1 is 0.568 bits per heavy atom. The van der Waals surface area contributed by atoms with Crippen LogP contribution in [0.15, 0.2) is 30.3 Å². The van der Waals surface area contributed by atoms with Crippen molar-refractivity contribution in [1.82, 2.24) is 0 Å². The van der Waals surface area contributed by atoms with E-state index >= 15 is 0 Å². The monoisotopic (exact) mass is 538 g/mol. The van der Waals surface area contributed by atoms with E-state index in [1.165, 1.54) is 6.92 Å². The third-order valence-electron chi connectivity index (χ3n) is 5.34. The molecule has 198 valence electrons. The lowest BCUT2D eigenvalue weighted by atomic mass is 10.0. The molecule has 0 radical (unpaired) electrons. The molecule has 3 rings (SSSR count). The van der Waals surface area contributed by atoms with Crippen molar-refractivity contribution in [3.05, 3.63) is 88.3 Å². The first-order valence-electron chi connectivity index (χ1n) is 10.4. The van der Waals surface area contributed by atoms with Gasteiger partial charge in [0.2, 0.25) is 0 Å². The van der Waals surface area contributed by atoms with E-state index in [2.05, 4.69) is 0 Å². The van der Waals surface area contributed by atoms with Gasteiger partial charge in [-0.2, -0.15) is 0 Å². The van der Waals surface area contributed by atoms with Crippen LogP contribution >= 0.6 is 0 Å². The number of hydrogen-bond acceptors (Lipinski definition) is 3. The van der Waals surface area contributed by atoms with Crippen LogP contribution in [0, 0.1) is 52.4 Å². The Morgan fingerprint density at radius 3 is 1.32 bits per heavy atom. The summed E-state index contributed by atoms with van der Waals surface area (Å²) < 4.78 is 140. The van der Waals surface area contributed by atoms with E-state index in [1.54, 1.807) is 21.1 Å². The smallest absolute Gasteiger partial charge is 0.489 e. The minimum absolute atomic E-state index is 0.0342. The first-order chi connectivity index (χ1) is 17.1. The lowest BCUT2D eigenvalue weighted by Gasteiger charge is -2.33. The highest BCUT2D eigenvalue weighted by atomic mass is 19.2. The third-order valence-corrected chi connectivity index (χ3v) is 5.34. The molecule has 3 aromatic rings. The molecule has 14 heteroatoms. The van der Waals surface area contributed by atoms with Gasteiger partial charge in [0.15, 0.2) is 52.4 Å². The molecule has 0 aliphatic carbocycles. The van der Waals surface area contributed by atoms with Gasteiger partial charge in [-0.3, -0.25) is 0 Å². The number of hydrogen-bond donors (Lipinski definition) is 0. The largest absolute Gasteiger partial charge is 0.864 e. The number of halogens is 9. The Bertz CT molecular complexity index is 1230. The Labute approximate surface area is 205 Å². The normalized spacial score (nSPS) is 12.4. The minimum atomic E-state index is -2.32. The van der Waals surface area contributed by atoms with Crippen molar-refractivity contribution in [2.24, 2.45) is 0 Å². The summed E-state index contributed by atoms with van der Waals surface area (Å²) in [7, 11) is 2.45. The molecule has 0 fully saturated rings. The number of rotatable bonds is 8. The maximum absolute atomic E-state index is 14.8. The van der Waals surface area contributed by atoms with Crippen LogP contribution in [0.2, 0.25) is 0 Å². The molecular formula is C23H18BF9NO3+. The van der Waals surface area contributed by atoms with Crippen molar-refractivity contribution < 1.29 is 58.0 Å². The highest BCUT2D eigenvalue weighted by molar-refractivity contribution is 6.39. The summed E-state index contributed by atoms with van der Waals surface area (Å²) in [5.74, 6) is -18.0. The van der Waals surface area contributed by atoms with Crippen molar-refractivity contribution in [2.75, 3.05) is 21.1 Å². The molecule has 0 aromatic heterocycles. The third kappa shape index (κ3) is 6.06. The van der Waals surface area contributed by atoms with Crippen molar-refractivity contribution in [2.45, 2.75) is 13.0 Å². The van der Waals surface area contributed by atoms with E-state index < -0.39 is 88.5 Å². The van der Waals surface area contributed by atoms with Gasteiger partial charge in [0, 0.05) is 30.3 Å². The van der Waals surface area contributed by atoms with E-state index in [0.29, 0.717) is 30.3 Å². The lowest BCUT2D eigenvalue weighted by Crippen LogP contribution is -2.40. The Morgan fingerprint density at radius 2 is 0.946 bits per heavy atom. The van der Waals surface area contributed by atoms with Gasteiger partial charge in [0.05, 0.1) is 26.7 Å². The summed E-state index contributed by atoms with van der Waals surface area (Å²) >= 11 is 0. The highest BCUT2D eigenvalue weighted by Gasteiger charge is 2.37. The molecular weight excluding hydrogens is 520 g/mol. The number of nitrogens with zero attached hydrogens (tertiary/aromatic N) is 1. The van der Waals surface area contributed by atoms with Gasteiger partial charge in [-0.15, -0.1) is 0 Å². The van der Waals surface area contributed by atoms with Crippen LogP contribution in [0.1, 0.15) is 18.5 Å². The van der Waals surface area contributed by atoms with Crippen LogP contribution in [-0.2, 0) is 0 Å². The van der Waals surface area contributed by atoms with E-state index in [9.17, 15) is 39.5 Å².